The molecular formula is C15H13ClN7O2-. The second kappa shape index (κ2) is 6.36. The van der Waals surface area contributed by atoms with Gasteiger partial charge in [-0.05, 0) is 17.7 Å². The molecule has 2 aromatic heterocycles. The van der Waals surface area contributed by atoms with Crippen molar-refractivity contribution in [3.05, 3.63) is 40.7 Å². The summed E-state index contributed by atoms with van der Waals surface area (Å²) >= 11 is 6.18. The Labute approximate surface area is 147 Å². The van der Waals surface area contributed by atoms with Gasteiger partial charge in [0.2, 0.25) is 5.95 Å². The molecule has 25 heavy (non-hydrogen) atoms. The zero-order chi connectivity index (χ0) is 18.1. The number of carboxylic acid groups (broad SMARTS) is 1. The number of halogens is 1. The molecule has 128 valence electrons. The molecule has 0 saturated heterocycles. The third-order valence-electron chi connectivity index (χ3n) is 3.53. The number of hydrogen-bond donors (Lipinski definition) is 2. The largest absolute Gasteiger partial charge is 0.545 e. The van der Waals surface area contributed by atoms with E-state index in [-0.39, 0.29) is 28.1 Å². The van der Waals surface area contributed by atoms with Gasteiger partial charge in [-0.2, -0.15) is 9.97 Å². The molecular weight excluding hydrogens is 346 g/mol. The van der Waals surface area contributed by atoms with E-state index in [4.69, 9.17) is 23.1 Å². The first kappa shape index (κ1) is 16.7. The zero-order valence-corrected chi connectivity index (χ0v) is 13.9. The Kier molecular flexibility index (Phi) is 4.24. The Hall–Kier alpha value is -3.20. The molecule has 0 unspecified atom stereocenters. The number of nitrogen functional groups attached to an aromatic ring is 2. The molecule has 0 saturated carbocycles. The van der Waals surface area contributed by atoms with Crippen LogP contribution in [0.15, 0.2) is 24.3 Å². The number of carbonyl (C=O) groups is 1. The summed E-state index contributed by atoms with van der Waals surface area (Å²) in [4.78, 5) is 29.0. The lowest BCUT2D eigenvalue weighted by Gasteiger charge is -2.20. The molecule has 0 fully saturated rings. The van der Waals surface area contributed by atoms with Crippen LogP contribution < -0.4 is 21.5 Å². The molecule has 0 amide bonds. The van der Waals surface area contributed by atoms with E-state index in [0.717, 1.165) is 5.69 Å². The summed E-state index contributed by atoms with van der Waals surface area (Å²) in [5.74, 6) is -1.12. The Bertz CT molecular complexity index is 962. The lowest BCUT2D eigenvalue weighted by Crippen LogP contribution is -2.22. The molecule has 0 atom stereocenters. The van der Waals surface area contributed by atoms with Crippen molar-refractivity contribution < 1.29 is 9.90 Å². The van der Waals surface area contributed by atoms with Gasteiger partial charge in [0, 0.05) is 12.7 Å². The SMILES string of the molecule is CN(Cc1nc2c(N)nc(N)nc2nc1Cl)c1ccc(C(=O)[O-])cc1. The fourth-order valence-electron chi connectivity index (χ4n) is 2.27. The Morgan fingerprint density at radius 3 is 2.48 bits per heavy atom. The molecule has 2 heterocycles. The molecule has 1 aromatic carbocycles. The van der Waals surface area contributed by atoms with Crippen molar-refractivity contribution in [1.82, 2.24) is 19.9 Å². The van der Waals surface area contributed by atoms with Crippen molar-refractivity contribution in [2.75, 3.05) is 23.4 Å². The first-order valence-corrected chi connectivity index (χ1v) is 7.50. The van der Waals surface area contributed by atoms with Gasteiger partial charge in [0.1, 0.15) is 0 Å². The maximum atomic E-state index is 10.8. The standard InChI is InChI=1S/C15H14ClN7O2/c1-23(8-4-2-7(3-5-8)14(24)25)6-9-11(16)20-13-10(19-9)12(17)21-15(18)22-13/h2-5H,6H2,1H3,(H,24,25)(H4,17,18,20,21,22)/p-1. The highest BCUT2D eigenvalue weighted by Gasteiger charge is 2.14. The van der Waals surface area contributed by atoms with Gasteiger partial charge in [0.05, 0.1) is 18.2 Å². The molecule has 10 heteroatoms. The summed E-state index contributed by atoms with van der Waals surface area (Å²) in [5.41, 5.74) is 13.2. The van der Waals surface area contributed by atoms with Crippen LogP contribution in [0.5, 0.6) is 0 Å². The molecule has 3 aromatic rings. The van der Waals surface area contributed by atoms with E-state index in [0.29, 0.717) is 17.8 Å². The Morgan fingerprint density at radius 2 is 1.84 bits per heavy atom. The number of hydrogen-bond acceptors (Lipinski definition) is 9. The summed E-state index contributed by atoms with van der Waals surface area (Å²) in [6.07, 6.45) is 0. The molecule has 0 aliphatic carbocycles. The topological polar surface area (TPSA) is 147 Å². The molecule has 0 aliphatic rings. The van der Waals surface area contributed by atoms with E-state index >= 15 is 0 Å². The third kappa shape index (κ3) is 3.36. The molecule has 0 aliphatic heterocycles. The van der Waals surface area contributed by atoms with Gasteiger partial charge in [-0.25, -0.2) is 9.97 Å². The fraction of sp³-hybridized carbons (Fsp3) is 0.133. The monoisotopic (exact) mass is 358 g/mol. The highest BCUT2D eigenvalue weighted by molar-refractivity contribution is 6.30. The number of nitrogens with zero attached hydrogens (tertiary/aromatic N) is 5. The number of rotatable bonds is 4. The minimum Gasteiger partial charge on any atom is -0.545 e. The van der Waals surface area contributed by atoms with Gasteiger partial charge in [-0.1, -0.05) is 23.7 Å². The van der Waals surface area contributed by atoms with Crippen LogP contribution in [0.3, 0.4) is 0 Å². The molecule has 4 N–H and O–H groups in total. The molecule has 3 rings (SSSR count). The maximum absolute atomic E-state index is 10.8. The van der Waals surface area contributed by atoms with Gasteiger partial charge in [0.15, 0.2) is 22.1 Å². The van der Waals surface area contributed by atoms with Crippen molar-refractivity contribution in [2.24, 2.45) is 0 Å². The van der Waals surface area contributed by atoms with E-state index in [9.17, 15) is 9.90 Å². The van der Waals surface area contributed by atoms with Gasteiger partial charge in [0.25, 0.3) is 0 Å². The normalized spacial score (nSPS) is 10.8. The van der Waals surface area contributed by atoms with Crippen LogP contribution in [0.25, 0.3) is 11.2 Å². The quantitative estimate of drug-likeness (QED) is 0.668. The number of benzene rings is 1. The number of anilines is 3. The summed E-state index contributed by atoms with van der Waals surface area (Å²) in [6.45, 7) is 0.316. The van der Waals surface area contributed by atoms with Crippen molar-refractivity contribution in [1.29, 1.82) is 0 Å². The van der Waals surface area contributed by atoms with E-state index in [1.807, 2.05) is 4.90 Å². The van der Waals surface area contributed by atoms with E-state index in [2.05, 4.69) is 19.9 Å². The van der Waals surface area contributed by atoms with E-state index < -0.39 is 5.97 Å². The fourth-order valence-corrected chi connectivity index (χ4v) is 2.45. The maximum Gasteiger partial charge on any atom is 0.224 e. The Balaban J connectivity index is 1.91. The summed E-state index contributed by atoms with van der Waals surface area (Å²) in [6, 6.07) is 6.24. The molecule has 0 bridgehead atoms. The first-order valence-electron chi connectivity index (χ1n) is 7.13. The molecule has 9 nitrogen and oxygen atoms in total. The van der Waals surface area contributed by atoms with Crippen LogP contribution in [-0.4, -0.2) is 33.0 Å². The summed E-state index contributed by atoms with van der Waals surface area (Å²) in [7, 11) is 1.80. The average molecular weight is 359 g/mol. The highest BCUT2D eigenvalue weighted by Crippen LogP contribution is 2.23. The van der Waals surface area contributed by atoms with Gasteiger partial charge in [-0.3, -0.25) is 0 Å². The number of nitrogens with two attached hydrogens (primary N) is 2. The Morgan fingerprint density at radius 1 is 1.16 bits per heavy atom. The third-order valence-corrected chi connectivity index (χ3v) is 3.83. The van der Waals surface area contributed by atoms with Crippen LogP contribution >= 0.6 is 11.6 Å². The van der Waals surface area contributed by atoms with Crippen LogP contribution in [0, 0.1) is 0 Å². The van der Waals surface area contributed by atoms with Crippen LogP contribution in [0.2, 0.25) is 5.15 Å². The van der Waals surface area contributed by atoms with Crippen molar-refractivity contribution in [3.63, 3.8) is 0 Å². The molecule has 0 radical (unpaired) electrons. The number of aromatic nitrogens is 4. The van der Waals surface area contributed by atoms with Gasteiger partial charge >= 0.3 is 0 Å². The van der Waals surface area contributed by atoms with Crippen LogP contribution in [-0.2, 0) is 6.54 Å². The average Bonchev–Trinajstić information content (AvgIpc) is 2.56. The predicted molar refractivity (Wildman–Crippen MR) is 91.8 cm³/mol. The lowest BCUT2D eigenvalue weighted by molar-refractivity contribution is -0.255. The van der Waals surface area contributed by atoms with E-state index in [1.54, 1.807) is 19.2 Å². The summed E-state index contributed by atoms with van der Waals surface area (Å²) < 4.78 is 0. The second-order valence-electron chi connectivity index (χ2n) is 5.29. The van der Waals surface area contributed by atoms with Gasteiger partial charge < -0.3 is 26.3 Å². The lowest BCUT2D eigenvalue weighted by atomic mass is 10.2. The zero-order valence-electron chi connectivity index (χ0n) is 13.1. The minimum atomic E-state index is -1.23. The van der Waals surface area contributed by atoms with Crippen LogP contribution in [0.4, 0.5) is 17.5 Å². The molecule has 0 spiro atoms. The number of carbonyl (C=O) groups excluding carboxylic acids is 1. The second-order valence-corrected chi connectivity index (χ2v) is 5.65. The first-order chi connectivity index (χ1) is 11.8. The number of fused-ring (bicyclic) bond motifs is 1. The van der Waals surface area contributed by atoms with Crippen molar-refractivity contribution in [2.45, 2.75) is 6.54 Å². The highest BCUT2D eigenvalue weighted by atomic mass is 35.5. The summed E-state index contributed by atoms with van der Waals surface area (Å²) in [5, 5.41) is 11.0. The van der Waals surface area contributed by atoms with Crippen molar-refractivity contribution >= 4 is 46.2 Å². The van der Waals surface area contributed by atoms with Gasteiger partial charge in [-0.15, -0.1) is 0 Å². The van der Waals surface area contributed by atoms with Crippen molar-refractivity contribution in [3.8, 4) is 0 Å². The smallest absolute Gasteiger partial charge is 0.224 e. The minimum absolute atomic E-state index is 0.00625. The number of aromatic carboxylic acids is 1. The predicted octanol–water partition coefficient (Wildman–Crippen LogP) is 0.238. The number of carboxylic acids is 1. The van der Waals surface area contributed by atoms with E-state index in [1.165, 1.54) is 12.1 Å². The van der Waals surface area contributed by atoms with Crippen LogP contribution in [0.1, 0.15) is 16.1 Å².